The molecule has 0 fully saturated rings. The van der Waals surface area contributed by atoms with E-state index in [1.54, 1.807) is 30.1 Å². The molecule has 4 rings (SSSR count). The lowest BCUT2D eigenvalue weighted by molar-refractivity contribution is 0.297. The Morgan fingerprint density at radius 2 is 2.21 bits per heavy atom. The predicted octanol–water partition coefficient (Wildman–Crippen LogP) is 5.06. The molecule has 1 N–H and O–H groups in total. The van der Waals surface area contributed by atoms with Crippen molar-refractivity contribution < 1.29 is 9.84 Å². The van der Waals surface area contributed by atoms with Crippen molar-refractivity contribution >= 4 is 11.8 Å². The van der Waals surface area contributed by atoms with Gasteiger partial charge in [-0.05, 0) is 62.1 Å². The standard InChI is InChI=1S/C22H23N3O2S/c1-16-12-19(9-10-21(16)26)27-15-18-14-24-22(28-20-7-3-2-4-8-20)25(18)17-6-5-11-23-13-17/h3,5-7,9-14,20,26H,2,4,8,15H2,1H3. The fourth-order valence-electron chi connectivity index (χ4n) is 3.21. The third-order valence-corrected chi connectivity index (χ3v) is 5.92. The van der Waals surface area contributed by atoms with Gasteiger partial charge in [-0.25, -0.2) is 4.98 Å². The number of aromatic hydroxyl groups is 1. The smallest absolute Gasteiger partial charge is 0.173 e. The number of aryl methyl sites for hydroxylation is 1. The Balaban J connectivity index is 1.60. The third-order valence-electron chi connectivity index (χ3n) is 4.73. The summed E-state index contributed by atoms with van der Waals surface area (Å²) in [4.78, 5) is 8.94. The minimum absolute atomic E-state index is 0.270. The minimum Gasteiger partial charge on any atom is -0.508 e. The molecular formula is C22H23N3O2S. The van der Waals surface area contributed by atoms with Gasteiger partial charge in [0.05, 0.1) is 23.8 Å². The van der Waals surface area contributed by atoms with Crippen LogP contribution in [0.4, 0.5) is 0 Å². The zero-order valence-electron chi connectivity index (χ0n) is 15.8. The molecule has 0 saturated carbocycles. The topological polar surface area (TPSA) is 60.2 Å². The van der Waals surface area contributed by atoms with E-state index >= 15 is 0 Å². The Morgan fingerprint density at radius 1 is 1.29 bits per heavy atom. The quantitative estimate of drug-likeness (QED) is 0.593. The summed E-state index contributed by atoms with van der Waals surface area (Å²) < 4.78 is 8.10. The van der Waals surface area contributed by atoms with Crippen molar-refractivity contribution in [2.75, 3.05) is 0 Å². The first-order valence-electron chi connectivity index (χ1n) is 9.43. The Hall–Kier alpha value is -2.73. The molecule has 2 heterocycles. The molecule has 0 spiro atoms. The number of benzene rings is 1. The van der Waals surface area contributed by atoms with Crippen LogP contribution < -0.4 is 4.74 Å². The van der Waals surface area contributed by atoms with E-state index in [-0.39, 0.29) is 5.75 Å². The van der Waals surface area contributed by atoms with Crippen molar-refractivity contribution in [2.45, 2.75) is 43.2 Å². The molecule has 1 aliphatic rings. The molecule has 2 aromatic heterocycles. The van der Waals surface area contributed by atoms with Crippen molar-refractivity contribution in [2.24, 2.45) is 0 Å². The first-order valence-corrected chi connectivity index (χ1v) is 10.3. The van der Waals surface area contributed by atoms with Gasteiger partial charge in [0.1, 0.15) is 18.1 Å². The molecule has 0 radical (unpaired) electrons. The molecule has 1 aliphatic carbocycles. The number of allylic oxidation sites excluding steroid dienone is 1. The Labute approximate surface area is 169 Å². The lowest BCUT2D eigenvalue weighted by Gasteiger charge is -2.17. The molecule has 1 atom stereocenters. The summed E-state index contributed by atoms with van der Waals surface area (Å²) in [5, 5.41) is 11.1. The van der Waals surface area contributed by atoms with E-state index in [0.29, 0.717) is 11.9 Å². The van der Waals surface area contributed by atoms with Crippen molar-refractivity contribution in [3.8, 4) is 17.2 Å². The number of hydrogen-bond donors (Lipinski definition) is 1. The lowest BCUT2D eigenvalue weighted by Crippen LogP contribution is -2.08. The van der Waals surface area contributed by atoms with Gasteiger partial charge in [0.2, 0.25) is 0 Å². The summed E-state index contributed by atoms with van der Waals surface area (Å²) in [7, 11) is 0. The fraction of sp³-hybridized carbons (Fsp3) is 0.273. The molecule has 3 aromatic rings. The van der Waals surface area contributed by atoms with E-state index in [2.05, 4.69) is 26.7 Å². The number of hydrogen-bond acceptors (Lipinski definition) is 5. The summed E-state index contributed by atoms with van der Waals surface area (Å²) in [5.74, 6) is 0.991. The first kappa shape index (κ1) is 18.6. The molecule has 5 nitrogen and oxygen atoms in total. The highest BCUT2D eigenvalue weighted by Gasteiger charge is 2.18. The van der Waals surface area contributed by atoms with Gasteiger partial charge in [-0.3, -0.25) is 9.55 Å². The van der Waals surface area contributed by atoms with Crippen LogP contribution in [0.1, 0.15) is 30.5 Å². The Kier molecular flexibility index (Phi) is 5.67. The van der Waals surface area contributed by atoms with Crippen LogP contribution in [0.15, 0.2) is 66.2 Å². The van der Waals surface area contributed by atoms with E-state index < -0.39 is 0 Å². The van der Waals surface area contributed by atoms with Crippen LogP contribution in [0.5, 0.6) is 11.5 Å². The van der Waals surface area contributed by atoms with Crippen molar-refractivity contribution in [1.29, 1.82) is 0 Å². The van der Waals surface area contributed by atoms with Crippen LogP contribution >= 0.6 is 11.8 Å². The second kappa shape index (κ2) is 8.52. The summed E-state index contributed by atoms with van der Waals surface area (Å²) >= 11 is 1.78. The van der Waals surface area contributed by atoms with Crippen LogP contribution in [-0.2, 0) is 6.61 Å². The van der Waals surface area contributed by atoms with Gasteiger partial charge >= 0.3 is 0 Å². The maximum absolute atomic E-state index is 9.70. The fourth-order valence-corrected chi connectivity index (χ4v) is 4.39. The third kappa shape index (κ3) is 4.22. The molecule has 0 aliphatic heterocycles. The number of phenols is 1. The molecule has 1 unspecified atom stereocenters. The maximum Gasteiger partial charge on any atom is 0.173 e. The van der Waals surface area contributed by atoms with E-state index in [9.17, 15) is 5.11 Å². The molecule has 28 heavy (non-hydrogen) atoms. The maximum atomic E-state index is 9.70. The molecule has 0 saturated heterocycles. The molecular weight excluding hydrogens is 370 g/mol. The van der Waals surface area contributed by atoms with Gasteiger partial charge in [0.15, 0.2) is 5.16 Å². The number of nitrogens with zero attached hydrogens (tertiary/aromatic N) is 3. The summed E-state index contributed by atoms with van der Waals surface area (Å²) in [6, 6.07) is 9.22. The highest BCUT2D eigenvalue weighted by Crippen LogP contribution is 2.32. The molecule has 6 heteroatoms. The molecule has 144 valence electrons. The number of phenolic OH excluding ortho intramolecular Hbond substituents is 1. The Bertz CT molecular complexity index is 969. The van der Waals surface area contributed by atoms with Crippen LogP contribution in [0.2, 0.25) is 0 Å². The number of thioether (sulfide) groups is 1. The second-order valence-electron chi connectivity index (χ2n) is 6.83. The van der Waals surface area contributed by atoms with E-state index in [1.807, 2.05) is 37.5 Å². The van der Waals surface area contributed by atoms with Crippen LogP contribution in [0.25, 0.3) is 5.69 Å². The highest BCUT2D eigenvalue weighted by molar-refractivity contribution is 7.99. The number of aromatic nitrogens is 3. The minimum atomic E-state index is 0.270. The first-order chi connectivity index (χ1) is 13.7. The zero-order chi connectivity index (χ0) is 19.3. The molecule has 0 bridgehead atoms. The summed E-state index contributed by atoms with van der Waals surface area (Å²) in [5.41, 5.74) is 2.72. The average Bonchev–Trinajstić information content (AvgIpc) is 3.12. The second-order valence-corrected chi connectivity index (χ2v) is 8.04. The monoisotopic (exact) mass is 393 g/mol. The SMILES string of the molecule is Cc1cc(OCc2cnc(SC3C=CCCC3)n2-c2cccnc2)ccc1O. The van der Waals surface area contributed by atoms with E-state index in [0.717, 1.165) is 27.9 Å². The normalized spacial score (nSPS) is 16.2. The number of rotatable bonds is 6. The summed E-state index contributed by atoms with van der Waals surface area (Å²) in [6.45, 7) is 2.24. The number of pyridine rings is 1. The lowest BCUT2D eigenvalue weighted by atomic mass is 10.1. The van der Waals surface area contributed by atoms with Crippen molar-refractivity contribution in [1.82, 2.24) is 14.5 Å². The highest BCUT2D eigenvalue weighted by atomic mass is 32.2. The van der Waals surface area contributed by atoms with Gasteiger partial charge in [-0.2, -0.15) is 0 Å². The zero-order valence-corrected chi connectivity index (χ0v) is 16.6. The van der Waals surface area contributed by atoms with Gasteiger partial charge in [-0.15, -0.1) is 0 Å². The average molecular weight is 394 g/mol. The van der Waals surface area contributed by atoms with Crippen molar-refractivity contribution in [3.63, 3.8) is 0 Å². The molecule has 0 amide bonds. The summed E-state index contributed by atoms with van der Waals surface area (Å²) in [6.07, 6.45) is 13.6. The van der Waals surface area contributed by atoms with Gasteiger partial charge < -0.3 is 9.84 Å². The van der Waals surface area contributed by atoms with Gasteiger partial charge in [0, 0.05) is 11.4 Å². The van der Waals surface area contributed by atoms with Gasteiger partial charge in [-0.1, -0.05) is 23.9 Å². The largest absolute Gasteiger partial charge is 0.508 e. The van der Waals surface area contributed by atoms with Crippen molar-refractivity contribution in [3.05, 3.63) is 72.3 Å². The number of imidazole rings is 1. The van der Waals surface area contributed by atoms with Gasteiger partial charge in [0.25, 0.3) is 0 Å². The predicted molar refractivity (Wildman–Crippen MR) is 111 cm³/mol. The molecule has 1 aromatic carbocycles. The number of ether oxygens (including phenoxy) is 1. The Morgan fingerprint density at radius 3 is 2.96 bits per heavy atom. The van der Waals surface area contributed by atoms with Crippen LogP contribution in [-0.4, -0.2) is 24.9 Å². The van der Waals surface area contributed by atoms with E-state index in [1.165, 1.54) is 19.3 Å². The van der Waals surface area contributed by atoms with Crippen LogP contribution in [0.3, 0.4) is 0 Å². The van der Waals surface area contributed by atoms with E-state index in [4.69, 9.17) is 4.74 Å². The van der Waals surface area contributed by atoms with Crippen LogP contribution in [0, 0.1) is 6.92 Å².